The maximum absolute atomic E-state index is 6.00. The van der Waals surface area contributed by atoms with Crippen molar-refractivity contribution in [3.63, 3.8) is 0 Å². The van der Waals surface area contributed by atoms with E-state index in [4.69, 9.17) is 49.0 Å². The van der Waals surface area contributed by atoms with Gasteiger partial charge in [-0.25, -0.2) is 0 Å². The first-order chi connectivity index (χ1) is 7.22. The van der Waals surface area contributed by atoms with Crippen LogP contribution in [0.3, 0.4) is 0 Å². The van der Waals surface area contributed by atoms with Gasteiger partial charge in [0.2, 0.25) is 0 Å². The van der Waals surface area contributed by atoms with Crippen molar-refractivity contribution in [1.82, 2.24) is 0 Å². The molecule has 4 atom stereocenters. The van der Waals surface area contributed by atoms with Crippen molar-refractivity contribution in [3.05, 3.63) is 0 Å². The zero-order chi connectivity index (χ0) is 10.9. The third-order valence-electron chi connectivity index (χ3n) is 2.50. The zero-order valence-corrected chi connectivity index (χ0v) is 10.4. The lowest BCUT2D eigenvalue weighted by Crippen LogP contribution is -2.31. The van der Waals surface area contributed by atoms with Gasteiger partial charge in [-0.2, -0.15) is 0 Å². The van der Waals surface area contributed by atoms with Crippen LogP contribution in [0.15, 0.2) is 0 Å². The van der Waals surface area contributed by atoms with Crippen LogP contribution in [0.4, 0.5) is 0 Å². The van der Waals surface area contributed by atoms with E-state index in [1.165, 1.54) is 0 Å². The number of rotatable bonds is 4. The van der Waals surface area contributed by atoms with E-state index in [2.05, 4.69) is 0 Å². The Morgan fingerprint density at radius 1 is 1.27 bits per heavy atom. The van der Waals surface area contributed by atoms with E-state index in [1.807, 2.05) is 0 Å². The summed E-state index contributed by atoms with van der Waals surface area (Å²) in [6.07, 6.45) is 0.583. The van der Waals surface area contributed by atoms with E-state index in [0.29, 0.717) is 24.5 Å². The second-order valence-electron chi connectivity index (χ2n) is 3.87. The number of alkyl halides is 3. The Balaban J connectivity index is 0.000000144. The van der Waals surface area contributed by atoms with Gasteiger partial charge in [0.25, 0.3) is 0 Å². The first-order valence-electron chi connectivity index (χ1n) is 4.85. The summed E-state index contributed by atoms with van der Waals surface area (Å²) in [6, 6.07) is 0. The van der Waals surface area contributed by atoms with Crippen LogP contribution in [0.2, 0.25) is 0 Å². The summed E-state index contributed by atoms with van der Waals surface area (Å²) in [5.41, 5.74) is -0.260. The SMILES string of the molecule is ClCC1(C(Cl)C2CO2)CO1.ClCC1CO1. The van der Waals surface area contributed by atoms with Crippen molar-refractivity contribution in [3.8, 4) is 0 Å². The van der Waals surface area contributed by atoms with Crippen LogP contribution in [0.1, 0.15) is 0 Å². The zero-order valence-electron chi connectivity index (χ0n) is 8.13. The second-order valence-corrected chi connectivity index (χ2v) is 4.92. The molecule has 0 aliphatic carbocycles. The molecule has 88 valence electrons. The molecule has 0 aromatic heterocycles. The highest BCUT2D eigenvalue weighted by atomic mass is 35.5. The van der Waals surface area contributed by atoms with Crippen molar-refractivity contribution in [1.29, 1.82) is 0 Å². The van der Waals surface area contributed by atoms with Gasteiger partial charge in [0, 0.05) is 0 Å². The minimum Gasteiger partial charge on any atom is -0.372 e. The summed E-state index contributed by atoms with van der Waals surface area (Å²) < 4.78 is 14.9. The first-order valence-corrected chi connectivity index (χ1v) is 6.35. The Bertz CT molecular complexity index is 215. The quantitative estimate of drug-likeness (QED) is 0.578. The van der Waals surface area contributed by atoms with E-state index < -0.39 is 0 Å². The van der Waals surface area contributed by atoms with Crippen LogP contribution in [0, 0.1) is 0 Å². The van der Waals surface area contributed by atoms with Gasteiger partial charge in [0.05, 0.1) is 43.1 Å². The fourth-order valence-electron chi connectivity index (χ4n) is 1.12. The minimum atomic E-state index is -0.260. The predicted octanol–water partition coefficient (Wildman–Crippen LogP) is 1.62. The van der Waals surface area contributed by atoms with Gasteiger partial charge < -0.3 is 14.2 Å². The number of halogens is 3. The van der Waals surface area contributed by atoms with Crippen LogP contribution in [-0.2, 0) is 14.2 Å². The average molecular weight is 276 g/mol. The maximum Gasteiger partial charge on any atom is 0.124 e. The normalized spacial score (nSPS) is 42.6. The van der Waals surface area contributed by atoms with Crippen LogP contribution in [0.5, 0.6) is 0 Å². The molecule has 0 saturated carbocycles. The number of hydrogen-bond donors (Lipinski definition) is 0. The highest BCUT2D eigenvalue weighted by molar-refractivity contribution is 6.24. The molecule has 3 aliphatic rings. The topological polar surface area (TPSA) is 37.6 Å². The predicted molar refractivity (Wildman–Crippen MR) is 59.2 cm³/mol. The molecule has 6 heteroatoms. The van der Waals surface area contributed by atoms with Crippen LogP contribution in [0.25, 0.3) is 0 Å². The lowest BCUT2D eigenvalue weighted by molar-refractivity contribution is 0.284. The van der Waals surface area contributed by atoms with E-state index in [-0.39, 0.29) is 17.1 Å². The van der Waals surface area contributed by atoms with Gasteiger partial charge in [-0.05, 0) is 0 Å². The monoisotopic (exact) mass is 274 g/mol. The minimum absolute atomic E-state index is 0.0509. The van der Waals surface area contributed by atoms with E-state index in [0.717, 1.165) is 13.2 Å². The van der Waals surface area contributed by atoms with Crippen LogP contribution < -0.4 is 0 Å². The molecule has 3 heterocycles. The van der Waals surface area contributed by atoms with Gasteiger partial charge >= 0.3 is 0 Å². The lowest BCUT2D eigenvalue weighted by Gasteiger charge is -2.11. The Kier molecular flexibility index (Phi) is 4.03. The molecular weight excluding hydrogens is 262 g/mol. The summed E-state index contributed by atoms with van der Waals surface area (Å²) in [5.74, 6) is 1.14. The molecule has 0 aromatic carbocycles. The van der Waals surface area contributed by atoms with Gasteiger partial charge in [-0.3, -0.25) is 0 Å². The Labute approximate surface area is 104 Å². The molecule has 0 amide bonds. The molecule has 3 fully saturated rings. The standard InChI is InChI=1S/C6H8Cl2O2.C3H5ClO/c7-2-6(3-10-6)5(8)4-1-9-4;4-1-3-2-5-3/h4-5H,1-3H2;3H,1-2H2. The average Bonchev–Trinajstić information content (AvgIpc) is 3.20. The van der Waals surface area contributed by atoms with Gasteiger partial charge in [-0.1, -0.05) is 0 Å². The van der Waals surface area contributed by atoms with Gasteiger partial charge in [-0.15, -0.1) is 34.8 Å². The molecule has 0 N–H and O–H groups in total. The molecule has 0 bridgehead atoms. The van der Waals surface area contributed by atoms with E-state index >= 15 is 0 Å². The highest BCUT2D eigenvalue weighted by Crippen LogP contribution is 2.40. The van der Waals surface area contributed by atoms with Crippen molar-refractivity contribution in [2.24, 2.45) is 0 Å². The summed E-state index contributed by atoms with van der Waals surface area (Å²) in [4.78, 5) is 0. The maximum atomic E-state index is 6.00. The summed E-state index contributed by atoms with van der Waals surface area (Å²) in [5, 5.41) is -0.0509. The molecule has 0 aromatic rings. The molecule has 0 spiro atoms. The first kappa shape index (κ1) is 12.2. The fraction of sp³-hybridized carbons (Fsp3) is 1.00. The van der Waals surface area contributed by atoms with E-state index in [9.17, 15) is 0 Å². The molecule has 3 nitrogen and oxygen atoms in total. The molecular formula is C9H13Cl3O3. The number of ether oxygens (including phenoxy) is 3. The summed E-state index contributed by atoms with van der Waals surface area (Å²) in [6.45, 7) is 2.32. The number of epoxide rings is 3. The Hall–Kier alpha value is 0.750. The summed E-state index contributed by atoms with van der Waals surface area (Å²) >= 11 is 16.9. The second kappa shape index (κ2) is 4.94. The Morgan fingerprint density at radius 2 is 1.87 bits per heavy atom. The smallest absolute Gasteiger partial charge is 0.124 e. The van der Waals surface area contributed by atoms with Crippen molar-refractivity contribution >= 4 is 34.8 Å². The largest absolute Gasteiger partial charge is 0.372 e. The van der Waals surface area contributed by atoms with Gasteiger partial charge in [0.15, 0.2) is 0 Å². The molecule has 4 unspecified atom stereocenters. The molecule has 3 aliphatic heterocycles. The molecule has 3 rings (SSSR count). The van der Waals surface area contributed by atoms with Crippen molar-refractivity contribution in [2.45, 2.75) is 23.2 Å². The summed E-state index contributed by atoms with van der Waals surface area (Å²) in [7, 11) is 0. The third-order valence-corrected chi connectivity index (χ3v) is 3.98. The van der Waals surface area contributed by atoms with E-state index in [1.54, 1.807) is 0 Å². The lowest BCUT2D eigenvalue weighted by atomic mass is 10.1. The van der Waals surface area contributed by atoms with Crippen LogP contribution in [-0.4, -0.2) is 54.8 Å². The molecule has 0 radical (unpaired) electrons. The molecule has 15 heavy (non-hydrogen) atoms. The van der Waals surface area contributed by atoms with Gasteiger partial charge in [0.1, 0.15) is 11.7 Å². The highest BCUT2D eigenvalue weighted by Gasteiger charge is 2.56. The van der Waals surface area contributed by atoms with Crippen LogP contribution >= 0.6 is 34.8 Å². The fourth-order valence-corrected chi connectivity index (χ4v) is 2.05. The third kappa shape index (κ3) is 3.35. The van der Waals surface area contributed by atoms with Crippen molar-refractivity contribution < 1.29 is 14.2 Å². The number of hydrogen-bond acceptors (Lipinski definition) is 3. The molecule has 3 saturated heterocycles. The Morgan fingerprint density at radius 3 is 2.07 bits per heavy atom. The van der Waals surface area contributed by atoms with Crippen molar-refractivity contribution in [2.75, 3.05) is 31.6 Å².